The summed E-state index contributed by atoms with van der Waals surface area (Å²) in [5.74, 6) is 0. The summed E-state index contributed by atoms with van der Waals surface area (Å²) >= 11 is 0. The standard InChI is InChI=1S/C9H12.C9H10.C7H8.2C2H6/c1-7-4-5-8(2)9(3)6-7;1-8(2)9-6-4-3-5-7-9;1-7-5-3-2-4-6-7;2*1-2/h4-6H,1-3H3;3-7H,1H2,2H3;2-6H,1H3;2*1-2H3. The molecule has 3 aromatic carbocycles. The number of allylic oxidation sites excluding steroid dienone is 1. The van der Waals surface area contributed by atoms with Crippen molar-refractivity contribution in [3.8, 4) is 0 Å². The summed E-state index contributed by atoms with van der Waals surface area (Å²) in [5, 5.41) is 0. The van der Waals surface area contributed by atoms with Crippen LogP contribution in [0.15, 0.2) is 85.4 Å². The molecule has 0 bridgehead atoms. The minimum atomic E-state index is 1.12. The van der Waals surface area contributed by atoms with E-state index in [1.165, 1.54) is 27.8 Å². The van der Waals surface area contributed by atoms with Gasteiger partial charge in [-0.1, -0.05) is 130 Å². The Morgan fingerprint density at radius 2 is 1.00 bits per heavy atom. The normalized spacial score (nSPS) is 8.31. The van der Waals surface area contributed by atoms with Gasteiger partial charge in [-0.15, -0.1) is 0 Å². The van der Waals surface area contributed by atoms with E-state index in [0.717, 1.165) is 5.57 Å². The van der Waals surface area contributed by atoms with Crippen LogP contribution >= 0.6 is 0 Å². The minimum Gasteiger partial charge on any atom is -0.0955 e. The second kappa shape index (κ2) is 18.7. The predicted octanol–water partition coefficient (Wildman–Crippen LogP) is 9.38. The highest BCUT2D eigenvalue weighted by Crippen LogP contribution is 2.09. The zero-order chi connectivity index (χ0) is 22.7. The van der Waals surface area contributed by atoms with Gasteiger partial charge in [0.05, 0.1) is 0 Å². The third kappa shape index (κ3) is 15.0. The van der Waals surface area contributed by atoms with Gasteiger partial charge in [0.1, 0.15) is 0 Å². The molecule has 0 radical (unpaired) electrons. The van der Waals surface area contributed by atoms with Crippen LogP contribution in [0.5, 0.6) is 0 Å². The van der Waals surface area contributed by atoms with E-state index in [4.69, 9.17) is 0 Å². The van der Waals surface area contributed by atoms with E-state index in [0.29, 0.717) is 0 Å². The third-order valence-electron chi connectivity index (χ3n) is 3.87. The van der Waals surface area contributed by atoms with Crippen LogP contribution in [0.1, 0.15) is 62.4 Å². The first-order valence-corrected chi connectivity index (χ1v) is 10.7. The molecule has 0 fully saturated rings. The maximum atomic E-state index is 3.83. The summed E-state index contributed by atoms with van der Waals surface area (Å²) in [6, 6.07) is 26.9. The summed E-state index contributed by atoms with van der Waals surface area (Å²) in [4.78, 5) is 0. The summed E-state index contributed by atoms with van der Waals surface area (Å²) in [6.07, 6.45) is 0. The Morgan fingerprint density at radius 1 is 0.552 bits per heavy atom. The van der Waals surface area contributed by atoms with Gasteiger partial charge in [0.2, 0.25) is 0 Å². The first-order valence-electron chi connectivity index (χ1n) is 10.7. The Hall–Kier alpha value is -2.60. The monoisotopic (exact) mass is 390 g/mol. The zero-order valence-electron chi connectivity index (χ0n) is 20.2. The van der Waals surface area contributed by atoms with E-state index in [-0.39, 0.29) is 0 Å². The Labute approximate surface area is 181 Å². The molecule has 0 aliphatic carbocycles. The highest BCUT2D eigenvalue weighted by Gasteiger charge is 1.89. The summed E-state index contributed by atoms with van der Waals surface area (Å²) in [6.45, 7) is 22.3. The molecule has 158 valence electrons. The number of hydrogen-bond acceptors (Lipinski definition) is 0. The third-order valence-corrected chi connectivity index (χ3v) is 3.87. The smallest absolute Gasteiger partial charge is 0.0233 e. The van der Waals surface area contributed by atoms with Crippen LogP contribution in [-0.2, 0) is 0 Å². The van der Waals surface area contributed by atoms with Crippen molar-refractivity contribution in [3.05, 3.63) is 113 Å². The van der Waals surface area contributed by atoms with Gasteiger partial charge in [-0.25, -0.2) is 0 Å². The molecular weight excluding hydrogens is 348 g/mol. The SMILES string of the molecule is C=C(C)c1ccccc1.CC.CC.Cc1ccc(C)c(C)c1.Cc1ccccc1. The summed E-state index contributed by atoms with van der Waals surface area (Å²) in [7, 11) is 0. The predicted molar refractivity (Wildman–Crippen MR) is 136 cm³/mol. The maximum Gasteiger partial charge on any atom is -0.0233 e. The van der Waals surface area contributed by atoms with Crippen LogP contribution in [0.4, 0.5) is 0 Å². The topological polar surface area (TPSA) is 0 Å². The van der Waals surface area contributed by atoms with Crippen molar-refractivity contribution in [2.75, 3.05) is 0 Å². The number of rotatable bonds is 1. The zero-order valence-corrected chi connectivity index (χ0v) is 20.2. The van der Waals surface area contributed by atoms with Crippen LogP contribution in [0.2, 0.25) is 0 Å². The van der Waals surface area contributed by atoms with Gasteiger partial charge in [-0.3, -0.25) is 0 Å². The molecule has 0 amide bonds. The molecule has 0 atom stereocenters. The van der Waals surface area contributed by atoms with Crippen molar-refractivity contribution in [2.45, 2.75) is 62.3 Å². The molecule has 3 rings (SSSR count). The van der Waals surface area contributed by atoms with Crippen molar-refractivity contribution in [1.82, 2.24) is 0 Å². The van der Waals surface area contributed by atoms with E-state index >= 15 is 0 Å². The van der Waals surface area contributed by atoms with Crippen LogP contribution in [0.25, 0.3) is 5.57 Å². The highest BCUT2D eigenvalue weighted by atomic mass is 13.9. The van der Waals surface area contributed by atoms with Gasteiger partial charge in [0.25, 0.3) is 0 Å². The van der Waals surface area contributed by atoms with Crippen molar-refractivity contribution >= 4 is 5.57 Å². The van der Waals surface area contributed by atoms with Crippen LogP contribution in [0.3, 0.4) is 0 Å². The fourth-order valence-corrected chi connectivity index (χ4v) is 2.15. The molecule has 0 saturated heterocycles. The average Bonchev–Trinajstić information content (AvgIpc) is 2.76. The molecule has 3 aromatic rings. The van der Waals surface area contributed by atoms with Gasteiger partial charge in [0, 0.05) is 0 Å². The van der Waals surface area contributed by atoms with Gasteiger partial charge in [-0.2, -0.15) is 0 Å². The lowest BCUT2D eigenvalue weighted by molar-refractivity contribution is 1.30. The Bertz CT molecular complexity index is 753. The molecule has 0 nitrogen and oxygen atoms in total. The van der Waals surface area contributed by atoms with Crippen molar-refractivity contribution in [2.24, 2.45) is 0 Å². The average molecular weight is 391 g/mol. The lowest BCUT2D eigenvalue weighted by Crippen LogP contribution is -1.79. The van der Waals surface area contributed by atoms with E-state index in [9.17, 15) is 0 Å². The summed E-state index contributed by atoms with van der Waals surface area (Å²) in [5.41, 5.74) is 7.77. The Morgan fingerprint density at radius 3 is 1.28 bits per heavy atom. The molecule has 0 aliphatic rings. The van der Waals surface area contributed by atoms with E-state index in [2.05, 4.69) is 76.7 Å². The second-order valence-corrected chi connectivity index (χ2v) is 6.39. The van der Waals surface area contributed by atoms with Crippen LogP contribution in [0, 0.1) is 27.7 Å². The quantitative estimate of drug-likeness (QED) is 0.388. The molecule has 29 heavy (non-hydrogen) atoms. The molecular formula is C29H42. The number of hydrogen-bond donors (Lipinski definition) is 0. The first-order chi connectivity index (χ1) is 13.9. The molecule has 0 heteroatoms. The molecule has 0 heterocycles. The van der Waals surface area contributed by atoms with Gasteiger partial charge in [-0.05, 0) is 51.3 Å². The second-order valence-electron chi connectivity index (χ2n) is 6.39. The van der Waals surface area contributed by atoms with E-state index in [1.54, 1.807) is 0 Å². The van der Waals surface area contributed by atoms with Crippen molar-refractivity contribution in [1.29, 1.82) is 0 Å². The van der Waals surface area contributed by atoms with Crippen molar-refractivity contribution in [3.63, 3.8) is 0 Å². The van der Waals surface area contributed by atoms with Gasteiger partial charge >= 0.3 is 0 Å². The molecule has 0 N–H and O–H groups in total. The lowest BCUT2D eigenvalue weighted by atomic mass is 10.1. The fourth-order valence-electron chi connectivity index (χ4n) is 2.15. The van der Waals surface area contributed by atoms with Crippen LogP contribution < -0.4 is 0 Å². The molecule has 0 spiro atoms. The minimum absolute atomic E-state index is 1.12. The largest absolute Gasteiger partial charge is 0.0955 e. The number of aryl methyl sites for hydroxylation is 4. The van der Waals surface area contributed by atoms with Gasteiger partial charge in [0.15, 0.2) is 0 Å². The maximum absolute atomic E-state index is 3.83. The van der Waals surface area contributed by atoms with Crippen LogP contribution in [-0.4, -0.2) is 0 Å². The molecule has 0 aliphatic heterocycles. The van der Waals surface area contributed by atoms with Crippen molar-refractivity contribution < 1.29 is 0 Å². The first kappa shape index (κ1) is 28.6. The van der Waals surface area contributed by atoms with E-state index < -0.39 is 0 Å². The highest BCUT2D eigenvalue weighted by molar-refractivity contribution is 5.60. The fraction of sp³-hybridized carbons (Fsp3) is 0.310. The molecule has 0 unspecified atom stereocenters. The Kier molecular flexibility index (Phi) is 18.5. The van der Waals surface area contributed by atoms with E-state index in [1.807, 2.05) is 71.0 Å². The summed E-state index contributed by atoms with van der Waals surface area (Å²) < 4.78 is 0. The molecule has 0 aromatic heterocycles. The molecule has 0 saturated carbocycles. The van der Waals surface area contributed by atoms with Gasteiger partial charge < -0.3 is 0 Å². The lowest BCUT2D eigenvalue weighted by Gasteiger charge is -1.98. The Balaban J connectivity index is 0. The number of benzene rings is 3.